The van der Waals surface area contributed by atoms with Crippen LogP contribution >= 0.6 is 0 Å². The van der Waals surface area contributed by atoms with Crippen LogP contribution in [-0.4, -0.2) is 24.7 Å². The number of nitrogens with zero attached hydrogens (tertiary/aromatic N) is 1. The van der Waals surface area contributed by atoms with Crippen molar-refractivity contribution in [3.63, 3.8) is 0 Å². The van der Waals surface area contributed by atoms with Gasteiger partial charge >= 0.3 is 0 Å². The third kappa shape index (κ3) is 2.75. The lowest BCUT2D eigenvalue weighted by Crippen LogP contribution is -2.23. The molecule has 0 saturated carbocycles. The van der Waals surface area contributed by atoms with Crippen LogP contribution in [0.25, 0.3) is 0 Å². The number of carbonyl (C=O) groups excluding carboxylic acids is 1. The second kappa shape index (κ2) is 5.91. The minimum Gasteiger partial charge on any atom is -0.386 e. The van der Waals surface area contributed by atoms with Gasteiger partial charge in [0.05, 0.1) is 12.6 Å². The van der Waals surface area contributed by atoms with Gasteiger partial charge in [0.1, 0.15) is 11.5 Å². The lowest BCUT2D eigenvalue weighted by molar-refractivity contribution is -0.114. The first kappa shape index (κ1) is 14.8. The molecule has 3 rings (SSSR count). The van der Waals surface area contributed by atoms with Gasteiger partial charge in [0.2, 0.25) is 0 Å². The predicted octanol–water partition coefficient (Wildman–Crippen LogP) is 2.34. The Hall–Kier alpha value is -2.17. The normalized spacial score (nSPS) is 21.2. The molecule has 1 atom stereocenters. The zero-order chi connectivity index (χ0) is 15.7. The molecule has 1 amide bonds. The van der Waals surface area contributed by atoms with Gasteiger partial charge in [-0.1, -0.05) is 26.0 Å². The van der Waals surface area contributed by atoms with Gasteiger partial charge < -0.3 is 10.6 Å². The monoisotopic (exact) mass is 301 g/mol. The van der Waals surface area contributed by atoms with Gasteiger partial charge in [-0.3, -0.25) is 9.79 Å². The van der Waals surface area contributed by atoms with Gasteiger partial charge in [0, 0.05) is 17.8 Å². The summed E-state index contributed by atoms with van der Waals surface area (Å²) >= 11 is 0. The van der Waals surface area contributed by atoms with Gasteiger partial charge in [-0.25, -0.2) is 4.39 Å². The molecule has 0 spiro atoms. The lowest BCUT2D eigenvalue weighted by atomic mass is 9.94. The Labute approximate surface area is 129 Å². The fourth-order valence-electron chi connectivity index (χ4n) is 2.97. The Bertz CT molecular complexity index is 646. The summed E-state index contributed by atoms with van der Waals surface area (Å²) in [6.45, 7) is 5.62. The summed E-state index contributed by atoms with van der Waals surface area (Å²) in [5.74, 6) is 0.0468. The van der Waals surface area contributed by atoms with Crippen LogP contribution in [0.2, 0.25) is 0 Å². The van der Waals surface area contributed by atoms with Gasteiger partial charge in [-0.05, 0) is 30.0 Å². The van der Waals surface area contributed by atoms with E-state index >= 15 is 0 Å². The number of hydrogen-bond donors (Lipinski definition) is 2. The number of hydrogen-bond acceptors (Lipinski definition) is 3. The van der Waals surface area contributed by atoms with Crippen molar-refractivity contribution in [2.75, 3.05) is 13.1 Å². The Kier molecular flexibility index (Phi) is 3.96. The van der Waals surface area contributed by atoms with Crippen molar-refractivity contribution >= 4 is 11.6 Å². The molecule has 1 aromatic rings. The van der Waals surface area contributed by atoms with Crippen LogP contribution in [0.3, 0.4) is 0 Å². The highest BCUT2D eigenvalue weighted by molar-refractivity contribution is 6.48. The second-order valence-electron chi connectivity index (χ2n) is 6.11. The maximum atomic E-state index is 13.2. The molecule has 1 aromatic carbocycles. The number of amides is 1. The van der Waals surface area contributed by atoms with Gasteiger partial charge in [0.25, 0.3) is 5.91 Å². The van der Waals surface area contributed by atoms with E-state index in [1.807, 2.05) is 0 Å². The second-order valence-corrected chi connectivity index (χ2v) is 6.11. The van der Waals surface area contributed by atoms with Crippen molar-refractivity contribution < 1.29 is 9.18 Å². The third-order valence-corrected chi connectivity index (χ3v) is 3.90. The number of halogens is 1. The van der Waals surface area contributed by atoms with Crippen LogP contribution in [0.15, 0.2) is 40.5 Å². The average Bonchev–Trinajstić information content (AvgIpc) is 2.66. The summed E-state index contributed by atoms with van der Waals surface area (Å²) in [5, 5.41) is 6.39. The zero-order valence-electron chi connectivity index (χ0n) is 12.8. The summed E-state index contributed by atoms with van der Waals surface area (Å²) in [4.78, 5) is 16.7. The van der Waals surface area contributed by atoms with E-state index in [2.05, 4.69) is 29.5 Å². The van der Waals surface area contributed by atoms with E-state index in [4.69, 9.17) is 0 Å². The first-order valence-corrected chi connectivity index (χ1v) is 7.64. The molecule has 0 aliphatic carbocycles. The first-order valence-electron chi connectivity index (χ1n) is 7.64. The van der Waals surface area contributed by atoms with Gasteiger partial charge in [-0.2, -0.15) is 0 Å². The number of allylic oxidation sites excluding steroid dienone is 1. The van der Waals surface area contributed by atoms with E-state index in [1.165, 1.54) is 12.1 Å². The smallest absolute Gasteiger partial charge is 0.270 e. The Morgan fingerprint density at radius 2 is 2.05 bits per heavy atom. The molecule has 2 aliphatic rings. The number of carbonyl (C=O) groups is 1. The van der Waals surface area contributed by atoms with Crippen LogP contribution in [-0.2, 0) is 4.79 Å². The summed E-state index contributed by atoms with van der Waals surface area (Å²) in [7, 11) is 0. The molecule has 1 fully saturated rings. The van der Waals surface area contributed by atoms with Gasteiger partial charge in [0.15, 0.2) is 0 Å². The first-order chi connectivity index (χ1) is 10.6. The van der Waals surface area contributed by atoms with Crippen LogP contribution < -0.4 is 10.6 Å². The molecule has 5 heteroatoms. The van der Waals surface area contributed by atoms with E-state index in [-0.39, 0.29) is 17.8 Å². The topological polar surface area (TPSA) is 53.5 Å². The number of fused-ring (bicyclic) bond motifs is 1. The van der Waals surface area contributed by atoms with Crippen molar-refractivity contribution in [2.45, 2.75) is 26.3 Å². The highest BCUT2D eigenvalue weighted by Gasteiger charge is 2.37. The minimum absolute atomic E-state index is 0.144. The third-order valence-electron chi connectivity index (χ3n) is 3.90. The largest absolute Gasteiger partial charge is 0.386 e. The predicted molar refractivity (Wildman–Crippen MR) is 84.1 cm³/mol. The van der Waals surface area contributed by atoms with Crippen molar-refractivity contribution in [3.05, 3.63) is 46.9 Å². The zero-order valence-corrected chi connectivity index (χ0v) is 12.8. The SMILES string of the molecule is CC(C)CC1=C2C(=NCCN1)C(=O)NC2c1ccc(F)cc1. The van der Waals surface area contributed by atoms with Gasteiger partial charge in [-0.15, -0.1) is 0 Å². The molecule has 2 aliphatic heterocycles. The highest BCUT2D eigenvalue weighted by Crippen LogP contribution is 2.32. The highest BCUT2D eigenvalue weighted by atomic mass is 19.1. The van der Waals surface area contributed by atoms with E-state index in [9.17, 15) is 9.18 Å². The van der Waals surface area contributed by atoms with Crippen LogP contribution in [0.1, 0.15) is 31.9 Å². The summed E-state index contributed by atoms with van der Waals surface area (Å²) in [6.07, 6.45) is 0.862. The van der Waals surface area contributed by atoms with E-state index < -0.39 is 0 Å². The minimum atomic E-state index is -0.280. The number of aliphatic imine (C=N–C) groups is 1. The standard InChI is InChI=1S/C17H20FN3O/c1-10(2)9-13-14-15(11-3-5-12(18)6-4-11)21-17(22)16(14)20-8-7-19-13/h3-6,10,15,19H,7-9H2,1-2H3,(H,21,22). The fraction of sp³-hybridized carbons (Fsp3) is 0.412. The maximum Gasteiger partial charge on any atom is 0.270 e. The Balaban J connectivity index is 2.07. The van der Waals surface area contributed by atoms with Crippen LogP contribution in [0.5, 0.6) is 0 Å². The number of rotatable bonds is 3. The molecule has 0 bridgehead atoms. The molecule has 22 heavy (non-hydrogen) atoms. The van der Waals surface area contributed by atoms with Crippen LogP contribution in [0.4, 0.5) is 4.39 Å². The van der Waals surface area contributed by atoms with E-state index in [0.29, 0.717) is 18.2 Å². The molecule has 4 nitrogen and oxygen atoms in total. The van der Waals surface area contributed by atoms with Crippen molar-refractivity contribution in [1.29, 1.82) is 0 Å². The van der Waals surface area contributed by atoms with Crippen molar-refractivity contribution in [3.8, 4) is 0 Å². The molecular weight excluding hydrogens is 281 g/mol. The lowest BCUT2D eigenvalue weighted by Gasteiger charge is -2.19. The summed E-state index contributed by atoms with van der Waals surface area (Å²) < 4.78 is 13.2. The molecule has 0 aromatic heterocycles. The fourth-order valence-corrected chi connectivity index (χ4v) is 2.97. The average molecular weight is 301 g/mol. The molecule has 1 saturated heterocycles. The van der Waals surface area contributed by atoms with E-state index in [0.717, 1.165) is 29.8 Å². The summed E-state index contributed by atoms with van der Waals surface area (Å²) in [6, 6.07) is 6.01. The molecule has 2 heterocycles. The Morgan fingerprint density at radius 3 is 2.73 bits per heavy atom. The number of benzene rings is 1. The maximum absolute atomic E-state index is 13.2. The molecule has 0 radical (unpaired) electrons. The summed E-state index contributed by atoms with van der Waals surface area (Å²) in [5.41, 5.74) is 3.39. The molecule has 1 unspecified atom stereocenters. The molecule has 116 valence electrons. The van der Waals surface area contributed by atoms with Crippen molar-refractivity contribution in [1.82, 2.24) is 10.6 Å². The Morgan fingerprint density at radius 1 is 1.32 bits per heavy atom. The quantitative estimate of drug-likeness (QED) is 0.900. The molecule has 2 N–H and O–H groups in total. The molecular formula is C17H20FN3O. The van der Waals surface area contributed by atoms with E-state index in [1.54, 1.807) is 12.1 Å². The number of nitrogens with one attached hydrogen (secondary N) is 2. The van der Waals surface area contributed by atoms with Crippen molar-refractivity contribution in [2.24, 2.45) is 10.9 Å². The van der Waals surface area contributed by atoms with Crippen LogP contribution in [0, 0.1) is 11.7 Å².